The fraction of sp³-hybridized carbons (Fsp3) is 0.471. The molecule has 0 aliphatic carbocycles. The average Bonchev–Trinajstić information content (AvgIpc) is 2.51. The van der Waals surface area contributed by atoms with Gasteiger partial charge >= 0.3 is 0 Å². The Hall–Kier alpha value is -1.45. The minimum Gasteiger partial charge on any atom is -0.271 e. The Labute approximate surface area is 121 Å². The second-order valence-electron chi connectivity index (χ2n) is 5.37. The SMILES string of the molecule is CCCCCCCC(NN)c1cccc2ccncc12. The summed E-state index contributed by atoms with van der Waals surface area (Å²) in [6, 6.07) is 8.63. The Bertz CT molecular complexity index is 519. The third-order valence-corrected chi connectivity index (χ3v) is 3.89. The molecule has 0 aliphatic heterocycles. The lowest BCUT2D eigenvalue weighted by Gasteiger charge is -2.18. The Balaban J connectivity index is 2.05. The highest BCUT2D eigenvalue weighted by Crippen LogP contribution is 2.26. The molecule has 0 saturated heterocycles. The van der Waals surface area contributed by atoms with Crippen LogP contribution in [0, 0.1) is 0 Å². The van der Waals surface area contributed by atoms with Gasteiger partial charge in [-0.05, 0) is 23.4 Å². The van der Waals surface area contributed by atoms with Crippen LogP contribution in [0.4, 0.5) is 0 Å². The molecule has 0 aliphatic rings. The number of nitrogens with zero attached hydrogens (tertiary/aromatic N) is 1. The summed E-state index contributed by atoms with van der Waals surface area (Å²) < 4.78 is 0. The van der Waals surface area contributed by atoms with E-state index in [0.717, 1.165) is 6.42 Å². The number of pyridine rings is 1. The molecule has 20 heavy (non-hydrogen) atoms. The van der Waals surface area contributed by atoms with E-state index in [2.05, 4.69) is 35.5 Å². The van der Waals surface area contributed by atoms with Gasteiger partial charge in [0.25, 0.3) is 0 Å². The largest absolute Gasteiger partial charge is 0.271 e. The van der Waals surface area contributed by atoms with Crippen LogP contribution in [-0.2, 0) is 0 Å². The molecule has 0 bridgehead atoms. The first kappa shape index (κ1) is 14.9. The monoisotopic (exact) mass is 271 g/mol. The summed E-state index contributed by atoms with van der Waals surface area (Å²) in [5.41, 5.74) is 4.23. The predicted octanol–water partition coefficient (Wildman–Crippen LogP) is 4.10. The number of hydrazine groups is 1. The highest BCUT2D eigenvalue weighted by atomic mass is 15.2. The zero-order valence-corrected chi connectivity index (χ0v) is 12.3. The Morgan fingerprint density at radius 3 is 2.80 bits per heavy atom. The summed E-state index contributed by atoms with van der Waals surface area (Å²) in [6.07, 6.45) is 11.3. The van der Waals surface area contributed by atoms with Crippen molar-refractivity contribution in [2.24, 2.45) is 5.84 Å². The van der Waals surface area contributed by atoms with Crippen molar-refractivity contribution in [3.05, 3.63) is 42.2 Å². The summed E-state index contributed by atoms with van der Waals surface area (Å²) in [6.45, 7) is 2.24. The second kappa shape index (κ2) is 7.98. The molecule has 0 fully saturated rings. The molecular formula is C17H25N3. The predicted molar refractivity (Wildman–Crippen MR) is 85.2 cm³/mol. The number of rotatable bonds is 8. The van der Waals surface area contributed by atoms with Crippen LogP contribution in [0.25, 0.3) is 10.8 Å². The molecule has 0 amide bonds. The molecule has 0 saturated carbocycles. The van der Waals surface area contributed by atoms with Crippen molar-refractivity contribution in [1.82, 2.24) is 10.4 Å². The van der Waals surface area contributed by atoms with E-state index in [-0.39, 0.29) is 6.04 Å². The van der Waals surface area contributed by atoms with Gasteiger partial charge in [0, 0.05) is 23.8 Å². The maximum Gasteiger partial charge on any atom is 0.0466 e. The minimum absolute atomic E-state index is 0.213. The third kappa shape index (κ3) is 3.78. The zero-order chi connectivity index (χ0) is 14.2. The molecule has 1 aromatic heterocycles. The number of hydrogen-bond acceptors (Lipinski definition) is 3. The van der Waals surface area contributed by atoms with Crippen molar-refractivity contribution in [3.8, 4) is 0 Å². The van der Waals surface area contributed by atoms with Crippen LogP contribution in [0.5, 0.6) is 0 Å². The van der Waals surface area contributed by atoms with E-state index in [1.807, 2.05) is 18.5 Å². The van der Waals surface area contributed by atoms with Crippen molar-refractivity contribution < 1.29 is 0 Å². The van der Waals surface area contributed by atoms with E-state index in [9.17, 15) is 0 Å². The molecule has 3 N–H and O–H groups in total. The molecule has 1 heterocycles. The van der Waals surface area contributed by atoms with Gasteiger partial charge in [-0.1, -0.05) is 57.2 Å². The smallest absolute Gasteiger partial charge is 0.0466 e. The number of nitrogens with two attached hydrogens (primary N) is 1. The number of nitrogens with one attached hydrogen (secondary N) is 1. The van der Waals surface area contributed by atoms with Gasteiger partial charge in [0.1, 0.15) is 0 Å². The molecule has 2 aromatic rings. The zero-order valence-electron chi connectivity index (χ0n) is 12.3. The maximum atomic E-state index is 5.77. The van der Waals surface area contributed by atoms with Gasteiger partial charge in [-0.2, -0.15) is 0 Å². The van der Waals surface area contributed by atoms with E-state index >= 15 is 0 Å². The van der Waals surface area contributed by atoms with Gasteiger partial charge in [0.2, 0.25) is 0 Å². The van der Waals surface area contributed by atoms with Gasteiger partial charge in [0.05, 0.1) is 0 Å². The molecule has 2 rings (SSSR count). The number of benzene rings is 1. The first-order valence-electron chi connectivity index (χ1n) is 7.65. The first-order chi connectivity index (χ1) is 9.86. The fourth-order valence-corrected chi connectivity index (χ4v) is 2.72. The number of hydrogen-bond donors (Lipinski definition) is 2. The fourth-order valence-electron chi connectivity index (χ4n) is 2.72. The third-order valence-electron chi connectivity index (χ3n) is 3.89. The van der Waals surface area contributed by atoms with Gasteiger partial charge in [-0.3, -0.25) is 16.3 Å². The average molecular weight is 271 g/mol. The summed E-state index contributed by atoms with van der Waals surface area (Å²) in [4.78, 5) is 4.24. The van der Waals surface area contributed by atoms with E-state index in [0.29, 0.717) is 0 Å². The summed E-state index contributed by atoms with van der Waals surface area (Å²) in [5, 5.41) is 2.43. The topological polar surface area (TPSA) is 50.9 Å². The quantitative estimate of drug-likeness (QED) is 0.432. The van der Waals surface area contributed by atoms with Crippen LogP contribution >= 0.6 is 0 Å². The molecule has 1 atom stereocenters. The molecule has 0 radical (unpaired) electrons. The highest BCUT2D eigenvalue weighted by Gasteiger charge is 2.12. The Kier molecular flexibility index (Phi) is 5.96. The number of aromatic nitrogens is 1. The maximum absolute atomic E-state index is 5.77. The van der Waals surface area contributed by atoms with Crippen LogP contribution in [-0.4, -0.2) is 4.98 Å². The van der Waals surface area contributed by atoms with E-state index in [1.54, 1.807) is 0 Å². The Morgan fingerprint density at radius 1 is 1.15 bits per heavy atom. The standard InChI is InChI=1S/C17H25N3/c1-2-3-4-5-6-10-17(20-18)15-9-7-8-14-11-12-19-13-16(14)15/h7-9,11-13,17,20H,2-6,10,18H2,1H3. The van der Waals surface area contributed by atoms with Gasteiger partial charge < -0.3 is 0 Å². The lowest BCUT2D eigenvalue weighted by molar-refractivity contribution is 0.481. The lowest BCUT2D eigenvalue weighted by Crippen LogP contribution is -2.28. The normalized spacial score (nSPS) is 12.7. The van der Waals surface area contributed by atoms with Crippen LogP contribution in [0.2, 0.25) is 0 Å². The molecule has 0 spiro atoms. The summed E-state index contributed by atoms with van der Waals surface area (Å²) >= 11 is 0. The molecule has 1 unspecified atom stereocenters. The van der Waals surface area contributed by atoms with Crippen LogP contribution < -0.4 is 11.3 Å². The summed E-state index contributed by atoms with van der Waals surface area (Å²) in [5.74, 6) is 5.77. The van der Waals surface area contributed by atoms with Gasteiger partial charge in [-0.25, -0.2) is 0 Å². The van der Waals surface area contributed by atoms with E-state index in [1.165, 1.54) is 48.4 Å². The van der Waals surface area contributed by atoms with Crippen LogP contribution in [0.15, 0.2) is 36.7 Å². The lowest BCUT2D eigenvalue weighted by atomic mass is 9.96. The molecule has 3 nitrogen and oxygen atoms in total. The number of unbranched alkanes of at least 4 members (excludes halogenated alkanes) is 4. The Morgan fingerprint density at radius 2 is 2.00 bits per heavy atom. The first-order valence-corrected chi connectivity index (χ1v) is 7.65. The van der Waals surface area contributed by atoms with Crippen molar-refractivity contribution >= 4 is 10.8 Å². The molecular weight excluding hydrogens is 246 g/mol. The molecule has 108 valence electrons. The van der Waals surface area contributed by atoms with Crippen LogP contribution in [0.1, 0.15) is 57.1 Å². The highest BCUT2D eigenvalue weighted by molar-refractivity contribution is 5.85. The van der Waals surface area contributed by atoms with Crippen LogP contribution in [0.3, 0.4) is 0 Å². The van der Waals surface area contributed by atoms with E-state index < -0.39 is 0 Å². The van der Waals surface area contributed by atoms with Crippen molar-refractivity contribution in [3.63, 3.8) is 0 Å². The van der Waals surface area contributed by atoms with Gasteiger partial charge in [-0.15, -0.1) is 0 Å². The number of fused-ring (bicyclic) bond motifs is 1. The van der Waals surface area contributed by atoms with Crippen molar-refractivity contribution in [1.29, 1.82) is 0 Å². The molecule has 1 aromatic carbocycles. The van der Waals surface area contributed by atoms with Crippen molar-refractivity contribution in [2.45, 2.75) is 51.5 Å². The van der Waals surface area contributed by atoms with Gasteiger partial charge in [0.15, 0.2) is 0 Å². The van der Waals surface area contributed by atoms with Crippen molar-refractivity contribution in [2.75, 3.05) is 0 Å². The minimum atomic E-state index is 0.213. The second-order valence-corrected chi connectivity index (χ2v) is 5.37. The van der Waals surface area contributed by atoms with E-state index in [4.69, 9.17) is 5.84 Å². The summed E-state index contributed by atoms with van der Waals surface area (Å²) in [7, 11) is 0. The molecule has 3 heteroatoms.